The van der Waals surface area contributed by atoms with Gasteiger partial charge < -0.3 is 15.2 Å². The van der Waals surface area contributed by atoms with Crippen molar-refractivity contribution in [2.75, 3.05) is 25.6 Å². The zero-order chi connectivity index (χ0) is 15.6. The third-order valence-electron chi connectivity index (χ3n) is 2.86. The van der Waals surface area contributed by atoms with Gasteiger partial charge in [0.05, 0.1) is 31.0 Å². The number of nitrogens with one attached hydrogen (secondary N) is 1. The van der Waals surface area contributed by atoms with Crippen LogP contribution in [0.25, 0.3) is 0 Å². The van der Waals surface area contributed by atoms with Crippen molar-refractivity contribution in [1.82, 2.24) is 4.90 Å². The Balaban J connectivity index is 2.26. The number of halogens is 2. The highest BCUT2D eigenvalue weighted by molar-refractivity contribution is 6.32. The fourth-order valence-electron chi connectivity index (χ4n) is 1.87. The number of aliphatic hydroxyl groups excluding tert-OH is 1. The van der Waals surface area contributed by atoms with E-state index in [0.29, 0.717) is 0 Å². The molecular formula is C13H12ClFN2O4. The van der Waals surface area contributed by atoms with Crippen LogP contribution < -0.4 is 10.1 Å². The van der Waals surface area contributed by atoms with Gasteiger partial charge >= 0.3 is 0 Å². The average Bonchev–Trinajstić information content (AvgIpc) is 2.71. The highest BCUT2D eigenvalue weighted by Crippen LogP contribution is 2.33. The van der Waals surface area contributed by atoms with E-state index in [0.717, 1.165) is 11.0 Å². The van der Waals surface area contributed by atoms with Crippen molar-refractivity contribution >= 4 is 29.1 Å². The van der Waals surface area contributed by atoms with Gasteiger partial charge in [0.2, 0.25) is 0 Å². The summed E-state index contributed by atoms with van der Waals surface area (Å²) in [6.07, 6.45) is 1.04. The smallest absolute Gasteiger partial charge is 0.277 e. The average molecular weight is 315 g/mol. The van der Waals surface area contributed by atoms with Crippen LogP contribution in [0.2, 0.25) is 5.02 Å². The van der Waals surface area contributed by atoms with Crippen molar-refractivity contribution in [1.29, 1.82) is 0 Å². The van der Waals surface area contributed by atoms with Crippen molar-refractivity contribution in [3.63, 3.8) is 0 Å². The van der Waals surface area contributed by atoms with Crippen LogP contribution in [0.4, 0.5) is 10.1 Å². The Morgan fingerprint density at radius 1 is 1.43 bits per heavy atom. The second-order valence-corrected chi connectivity index (χ2v) is 4.55. The number of ether oxygens (including phenoxy) is 1. The number of imide groups is 1. The Bertz CT molecular complexity index is 633. The van der Waals surface area contributed by atoms with Gasteiger partial charge in [-0.15, -0.1) is 0 Å². The lowest BCUT2D eigenvalue weighted by Gasteiger charge is -2.14. The molecule has 0 atom stereocenters. The molecule has 2 rings (SSSR count). The van der Waals surface area contributed by atoms with Crippen LogP contribution in [-0.2, 0) is 9.59 Å². The van der Waals surface area contributed by atoms with Gasteiger partial charge in [-0.1, -0.05) is 11.6 Å². The molecule has 0 spiro atoms. The molecule has 0 bridgehead atoms. The number of methoxy groups -OCH3 is 1. The summed E-state index contributed by atoms with van der Waals surface area (Å²) >= 11 is 5.77. The molecule has 8 heteroatoms. The summed E-state index contributed by atoms with van der Waals surface area (Å²) in [5, 5.41) is 11.4. The van der Waals surface area contributed by atoms with Gasteiger partial charge in [0, 0.05) is 6.08 Å². The number of amides is 2. The molecule has 21 heavy (non-hydrogen) atoms. The van der Waals surface area contributed by atoms with Crippen LogP contribution in [0.15, 0.2) is 23.9 Å². The normalized spacial score (nSPS) is 14.5. The zero-order valence-electron chi connectivity index (χ0n) is 11.0. The molecule has 0 aromatic heterocycles. The van der Waals surface area contributed by atoms with E-state index in [2.05, 4.69) is 5.32 Å². The molecule has 2 N–H and O–H groups in total. The first kappa shape index (κ1) is 15.3. The van der Waals surface area contributed by atoms with Gasteiger partial charge in [0.15, 0.2) is 11.6 Å². The van der Waals surface area contributed by atoms with Crippen molar-refractivity contribution in [3.05, 3.63) is 34.7 Å². The van der Waals surface area contributed by atoms with Crippen molar-refractivity contribution in [3.8, 4) is 5.75 Å². The van der Waals surface area contributed by atoms with Crippen LogP contribution in [0.5, 0.6) is 5.75 Å². The van der Waals surface area contributed by atoms with E-state index in [4.69, 9.17) is 21.4 Å². The van der Waals surface area contributed by atoms with Gasteiger partial charge in [-0.05, 0) is 12.1 Å². The number of β-amino-alcohol motifs (C(OH)–C–C–N with tert-alkyl or cyclic N) is 1. The quantitative estimate of drug-likeness (QED) is 0.797. The first-order chi connectivity index (χ1) is 9.99. The Kier molecular flexibility index (Phi) is 4.44. The molecule has 1 aromatic carbocycles. The minimum Gasteiger partial charge on any atom is -0.492 e. The maximum absolute atomic E-state index is 14.1. The predicted molar refractivity (Wildman–Crippen MR) is 73.5 cm³/mol. The molecule has 0 fully saturated rings. The van der Waals surface area contributed by atoms with E-state index in [1.807, 2.05) is 0 Å². The summed E-state index contributed by atoms with van der Waals surface area (Å²) in [7, 11) is 1.26. The lowest BCUT2D eigenvalue weighted by atomic mass is 10.2. The monoisotopic (exact) mass is 314 g/mol. The highest BCUT2D eigenvalue weighted by atomic mass is 35.5. The summed E-state index contributed by atoms with van der Waals surface area (Å²) in [4.78, 5) is 24.4. The Hall–Kier alpha value is -2.12. The molecule has 6 nitrogen and oxygen atoms in total. The molecule has 1 aliphatic rings. The fourth-order valence-corrected chi connectivity index (χ4v) is 2.09. The number of carbonyl (C=O) groups excluding carboxylic acids is 2. The topological polar surface area (TPSA) is 78.9 Å². The minimum atomic E-state index is -0.772. The van der Waals surface area contributed by atoms with Crippen LogP contribution in [0.1, 0.15) is 0 Å². The number of carbonyl (C=O) groups is 2. The molecule has 0 saturated heterocycles. The molecule has 0 aliphatic carbocycles. The van der Waals surface area contributed by atoms with Crippen molar-refractivity contribution in [2.24, 2.45) is 0 Å². The van der Waals surface area contributed by atoms with Gasteiger partial charge in [-0.25, -0.2) is 4.39 Å². The van der Waals surface area contributed by atoms with Crippen LogP contribution in [0, 0.1) is 5.82 Å². The van der Waals surface area contributed by atoms with Crippen LogP contribution in [0.3, 0.4) is 0 Å². The Morgan fingerprint density at radius 3 is 2.76 bits per heavy atom. The summed E-state index contributed by atoms with van der Waals surface area (Å²) in [5.74, 6) is -2.14. The molecule has 112 valence electrons. The standard InChI is InChI=1S/C13H12ClFN2O4/c1-21-12-7(14)2-3-8(11(12)15)16-9-6-10(19)17(4-5-18)13(9)20/h2-3,6,16,18H,4-5H2,1H3. The van der Waals surface area contributed by atoms with Crippen molar-refractivity contribution in [2.45, 2.75) is 0 Å². The number of benzene rings is 1. The molecule has 1 aliphatic heterocycles. The number of hydrogen-bond donors (Lipinski definition) is 2. The van der Waals surface area contributed by atoms with E-state index >= 15 is 0 Å². The molecule has 0 saturated carbocycles. The molecule has 1 aromatic rings. The molecule has 0 radical (unpaired) electrons. The molecule has 1 heterocycles. The van der Waals surface area contributed by atoms with Crippen molar-refractivity contribution < 1.29 is 23.8 Å². The number of rotatable bonds is 5. The maximum Gasteiger partial charge on any atom is 0.277 e. The lowest BCUT2D eigenvalue weighted by molar-refractivity contribution is -0.137. The summed E-state index contributed by atoms with van der Waals surface area (Å²) in [6.45, 7) is -0.465. The summed E-state index contributed by atoms with van der Waals surface area (Å²) in [6, 6.07) is 2.73. The van der Waals surface area contributed by atoms with Gasteiger partial charge in [0.1, 0.15) is 5.70 Å². The number of aliphatic hydroxyl groups is 1. The number of nitrogens with zero attached hydrogens (tertiary/aromatic N) is 1. The first-order valence-electron chi connectivity index (χ1n) is 5.97. The second-order valence-electron chi connectivity index (χ2n) is 4.14. The van der Waals surface area contributed by atoms with Gasteiger partial charge in [-0.3, -0.25) is 14.5 Å². The zero-order valence-corrected chi connectivity index (χ0v) is 11.8. The van der Waals surface area contributed by atoms with Crippen LogP contribution >= 0.6 is 11.6 Å². The summed E-state index contributed by atoms with van der Waals surface area (Å²) < 4.78 is 18.9. The third-order valence-corrected chi connectivity index (χ3v) is 3.15. The van der Waals surface area contributed by atoms with E-state index in [-0.39, 0.29) is 35.3 Å². The lowest BCUT2D eigenvalue weighted by Crippen LogP contribution is -2.34. The maximum atomic E-state index is 14.1. The summed E-state index contributed by atoms with van der Waals surface area (Å²) in [5.41, 5.74) is -0.133. The number of anilines is 1. The molecular weight excluding hydrogens is 303 g/mol. The largest absolute Gasteiger partial charge is 0.492 e. The van der Waals surface area contributed by atoms with Gasteiger partial charge in [-0.2, -0.15) is 0 Å². The van der Waals surface area contributed by atoms with Crippen LogP contribution in [-0.4, -0.2) is 42.1 Å². The van der Waals surface area contributed by atoms with E-state index in [1.165, 1.54) is 19.2 Å². The second kappa shape index (κ2) is 6.11. The van der Waals surface area contributed by atoms with E-state index in [1.54, 1.807) is 0 Å². The predicted octanol–water partition coefficient (Wildman–Crippen LogP) is 1.14. The van der Waals surface area contributed by atoms with Gasteiger partial charge in [0.25, 0.3) is 11.8 Å². The highest BCUT2D eigenvalue weighted by Gasteiger charge is 2.31. The Morgan fingerprint density at radius 2 is 2.14 bits per heavy atom. The van der Waals surface area contributed by atoms with E-state index < -0.39 is 17.6 Å². The molecule has 2 amide bonds. The number of hydrogen-bond acceptors (Lipinski definition) is 5. The molecule has 0 unspecified atom stereocenters. The van der Waals surface area contributed by atoms with E-state index in [9.17, 15) is 14.0 Å². The fraction of sp³-hybridized carbons (Fsp3) is 0.231. The Labute approximate surface area is 124 Å². The third kappa shape index (κ3) is 2.84. The first-order valence-corrected chi connectivity index (χ1v) is 6.34. The minimum absolute atomic E-state index is 0.0468. The SMILES string of the molecule is COc1c(Cl)ccc(NC2=CC(=O)N(CCO)C2=O)c1F.